The van der Waals surface area contributed by atoms with Gasteiger partial charge in [0.05, 0.1) is 17.0 Å². The fraction of sp³-hybridized carbons (Fsp3) is 0.263. The van der Waals surface area contributed by atoms with Crippen molar-refractivity contribution in [2.75, 3.05) is 20.6 Å². The van der Waals surface area contributed by atoms with E-state index in [-0.39, 0.29) is 10.5 Å². The van der Waals surface area contributed by atoms with Gasteiger partial charge in [-0.15, -0.1) is 0 Å². The first-order valence-electron chi connectivity index (χ1n) is 8.30. The molecule has 0 unspecified atom stereocenters. The zero-order valence-corrected chi connectivity index (χ0v) is 16.1. The quantitative estimate of drug-likeness (QED) is 0.710. The van der Waals surface area contributed by atoms with Crippen molar-refractivity contribution >= 4 is 15.9 Å². The largest absolute Gasteiger partial charge is 0.351 e. The van der Waals surface area contributed by atoms with Crippen molar-refractivity contribution in [1.29, 1.82) is 5.26 Å². The van der Waals surface area contributed by atoms with Crippen molar-refractivity contribution in [2.24, 2.45) is 0 Å². The van der Waals surface area contributed by atoms with Crippen LogP contribution in [0.4, 0.5) is 0 Å². The Labute approximate surface area is 159 Å². The summed E-state index contributed by atoms with van der Waals surface area (Å²) < 4.78 is 26.8. The van der Waals surface area contributed by atoms with Crippen molar-refractivity contribution in [2.45, 2.75) is 18.0 Å². The second kappa shape index (κ2) is 9.28. The number of rotatable bonds is 8. The van der Waals surface area contributed by atoms with E-state index in [9.17, 15) is 13.2 Å². The van der Waals surface area contributed by atoms with Gasteiger partial charge in [-0.2, -0.15) is 5.26 Å². The number of hydrogen-bond acceptors (Lipinski definition) is 5. The lowest BCUT2D eigenvalue weighted by Gasteiger charge is -2.11. The first-order chi connectivity index (χ1) is 12.8. The van der Waals surface area contributed by atoms with Crippen molar-refractivity contribution in [3.05, 3.63) is 65.2 Å². The molecule has 0 aliphatic carbocycles. The van der Waals surface area contributed by atoms with Gasteiger partial charge in [0.1, 0.15) is 6.07 Å². The molecule has 7 nitrogen and oxygen atoms in total. The molecule has 0 aliphatic rings. The summed E-state index contributed by atoms with van der Waals surface area (Å²) in [4.78, 5) is 13.9. The van der Waals surface area contributed by atoms with Crippen molar-refractivity contribution in [3.8, 4) is 6.07 Å². The third kappa shape index (κ3) is 6.18. The summed E-state index contributed by atoms with van der Waals surface area (Å²) >= 11 is 0. The minimum Gasteiger partial charge on any atom is -0.351 e. The van der Waals surface area contributed by atoms with E-state index in [1.54, 1.807) is 6.07 Å². The zero-order chi connectivity index (χ0) is 19.9. The Bertz CT molecular complexity index is 932. The van der Waals surface area contributed by atoms with Gasteiger partial charge >= 0.3 is 0 Å². The number of nitrogens with one attached hydrogen (secondary N) is 2. The Hall–Kier alpha value is -2.73. The van der Waals surface area contributed by atoms with E-state index in [1.165, 1.54) is 23.8 Å². The summed E-state index contributed by atoms with van der Waals surface area (Å²) in [6.45, 7) is 0.733. The van der Waals surface area contributed by atoms with Gasteiger partial charge in [0.15, 0.2) is 0 Å². The first kappa shape index (κ1) is 20.6. The topological polar surface area (TPSA) is 102 Å². The highest BCUT2D eigenvalue weighted by Gasteiger charge is 2.18. The number of benzene rings is 2. The van der Waals surface area contributed by atoms with Crippen molar-refractivity contribution in [3.63, 3.8) is 0 Å². The second-order valence-corrected chi connectivity index (χ2v) is 8.00. The van der Waals surface area contributed by atoms with E-state index in [1.807, 2.05) is 44.4 Å². The lowest BCUT2D eigenvalue weighted by molar-refractivity contribution is -0.120. The molecule has 1 amide bonds. The molecule has 0 aromatic heterocycles. The average Bonchev–Trinajstić information content (AvgIpc) is 2.65. The van der Waals surface area contributed by atoms with Crippen LogP contribution in [-0.4, -0.2) is 39.9 Å². The molecule has 8 heteroatoms. The molecule has 0 heterocycles. The van der Waals surface area contributed by atoms with Crippen LogP contribution in [0.25, 0.3) is 0 Å². The van der Waals surface area contributed by atoms with Gasteiger partial charge < -0.3 is 10.2 Å². The Morgan fingerprint density at radius 2 is 1.70 bits per heavy atom. The van der Waals surface area contributed by atoms with E-state index < -0.39 is 22.5 Å². The van der Waals surface area contributed by atoms with Gasteiger partial charge in [-0.25, -0.2) is 13.1 Å². The monoisotopic (exact) mass is 386 g/mol. The Morgan fingerprint density at radius 1 is 1.07 bits per heavy atom. The molecule has 0 radical (unpaired) electrons. The maximum Gasteiger partial charge on any atom is 0.242 e. The molecule has 2 aromatic carbocycles. The third-order valence-corrected chi connectivity index (χ3v) is 5.19. The predicted octanol–water partition coefficient (Wildman–Crippen LogP) is 1.21. The highest BCUT2D eigenvalue weighted by Crippen LogP contribution is 2.13. The molecule has 0 spiro atoms. The Morgan fingerprint density at radius 3 is 2.33 bits per heavy atom. The van der Waals surface area contributed by atoms with Gasteiger partial charge in [0, 0.05) is 13.1 Å². The van der Waals surface area contributed by atoms with E-state index in [0.29, 0.717) is 6.54 Å². The van der Waals surface area contributed by atoms with Gasteiger partial charge in [-0.3, -0.25) is 4.79 Å². The second-order valence-electron chi connectivity index (χ2n) is 6.26. The van der Waals surface area contributed by atoms with Crippen LogP contribution in [-0.2, 0) is 27.9 Å². The average molecular weight is 386 g/mol. The number of carbonyl (C=O) groups is 1. The van der Waals surface area contributed by atoms with E-state index in [4.69, 9.17) is 5.26 Å². The van der Waals surface area contributed by atoms with Crippen LogP contribution in [0.3, 0.4) is 0 Å². The van der Waals surface area contributed by atoms with Gasteiger partial charge in [0.25, 0.3) is 0 Å². The highest BCUT2D eigenvalue weighted by molar-refractivity contribution is 7.89. The zero-order valence-electron chi connectivity index (χ0n) is 15.3. The minimum atomic E-state index is -3.94. The van der Waals surface area contributed by atoms with Gasteiger partial charge in [0.2, 0.25) is 15.9 Å². The van der Waals surface area contributed by atoms with Crippen molar-refractivity contribution < 1.29 is 13.2 Å². The number of nitrogens with zero attached hydrogens (tertiary/aromatic N) is 2. The molecule has 0 bridgehead atoms. The summed E-state index contributed by atoms with van der Waals surface area (Å²) in [5, 5.41) is 11.7. The molecule has 2 aromatic rings. The number of sulfonamides is 1. The van der Waals surface area contributed by atoms with E-state index in [0.717, 1.165) is 12.1 Å². The lowest BCUT2D eigenvalue weighted by Crippen LogP contribution is -2.36. The number of carbonyl (C=O) groups excluding carboxylic acids is 1. The smallest absolute Gasteiger partial charge is 0.242 e. The summed E-state index contributed by atoms with van der Waals surface area (Å²) in [6, 6.07) is 15.5. The summed E-state index contributed by atoms with van der Waals surface area (Å²) in [5.74, 6) is -0.453. The molecule has 2 N–H and O–H groups in total. The summed E-state index contributed by atoms with van der Waals surface area (Å²) in [7, 11) is 0.0443. The van der Waals surface area contributed by atoms with E-state index >= 15 is 0 Å². The fourth-order valence-corrected chi connectivity index (χ4v) is 3.56. The van der Waals surface area contributed by atoms with Crippen LogP contribution >= 0.6 is 0 Å². The normalized spacial score (nSPS) is 11.2. The van der Waals surface area contributed by atoms with E-state index in [2.05, 4.69) is 14.9 Å². The van der Waals surface area contributed by atoms with Crippen LogP contribution in [0, 0.1) is 11.3 Å². The molecule has 0 saturated carbocycles. The molecule has 27 heavy (non-hydrogen) atoms. The maximum atomic E-state index is 12.3. The number of nitriles is 1. The molecule has 0 atom stereocenters. The van der Waals surface area contributed by atoms with Crippen molar-refractivity contribution in [1.82, 2.24) is 14.9 Å². The molecule has 142 valence electrons. The standard InChI is InChI=1S/C19H22N4O3S/c1-23(2)14-16-9-7-15(8-10-16)12-21-19(24)13-22-27(25,26)18-6-4-3-5-17(18)11-20/h3-10,22H,12-14H2,1-2H3,(H,21,24). The number of hydrogen-bond donors (Lipinski definition) is 2. The molecular formula is C19H22N4O3S. The van der Waals surface area contributed by atoms with Gasteiger partial charge in [-0.05, 0) is 37.4 Å². The van der Waals surface area contributed by atoms with Crippen LogP contribution in [0.15, 0.2) is 53.4 Å². The van der Waals surface area contributed by atoms with Crippen LogP contribution in [0.2, 0.25) is 0 Å². The van der Waals surface area contributed by atoms with Crippen LogP contribution < -0.4 is 10.0 Å². The summed E-state index contributed by atoms with van der Waals surface area (Å²) in [6.07, 6.45) is 0. The Balaban J connectivity index is 1.88. The van der Waals surface area contributed by atoms with Crippen LogP contribution in [0.5, 0.6) is 0 Å². The summed E-state index contributed by atoms with van der Waals surface area (Å²) in [5.41, 5.74) is 2.12. The molecule has 0 fully saturated rings. The SMILES string of the molecule is CN(C)Cc1ccc(CNC(=O)CNS(=O)(=O)c2ccccc2C#N)cc1. The van der Waals surface area contributed by atoms with Gasteiger partial charge in [-0.1, -0.05) is 36.4 Å². The minimum absolute atomic E-state index is 0.0308. The molecule has 0 saturated heterocycles. The predicted molar refractivity (Wildman–Crippen MR) is 102 cm³/mol. The third-order valence-electron chi connectivity index (χ3n) is 3.73. The lowest BCUT2D eigenvalue weighted by atomic mass is 10.1. The molecule has 2 rings (SSSR count). The number of amides is 1. The molecule has 0 aliphatic heterocycles. The highest BCUT2D eigenvalue weighted by atomic mass is 32.2. The molecular weight excluding hydrogens is 364 g/mol. The first-order valence-corrected chi connectivity index (χ1v) is 9.78. The Kier molecular flexibility index (Phi) is 7.07. The fourth-order valence-electron chi connectivity index (χ4n) is 2.42. The maximum absolute atomic E-state index is 12.3. The van der Waals surface area contributed by atoms with Crippen LogP contribution in [0.1, 0.15) is 16.7 Å².